The molecule has 0 atom stereocenters. The second-order valence-corrected chi connectivity index (χ2v) is 6.31. The van der Waals surface area contributed by atoms with Gasteiger partial charge in [0.25, 0.3) is 10.0 Å². The van der Waals surface area contributed by atoms with Crippen LogP contribution in [0, 0.1) is 0 Å². The SMILES string of the molecule is Cn1cnc(S(=O)(=O)NCCOC2CCNCC2)c1. The van der Waals surface area contributed by atoms with Crippen LogP contribution < -0.4 is 10.0 Å². The Balaban J connectivity index is 1.72. The molecule has 19 heavy (non-hydrogen) atoms. The number of piperidine rings is 1. The Morgan fingerprint density at radius 3 is 2.89 bits per heavy atom. The van der Waals surface area contributed by atoms with E-state index in [0.717, 1.165) is 25.9 Å². The number of ether oxygens (including phenoxy) is 1. The van der Waals surface area contributed by atoms with E-state index in [4.69, 9.17) is 4.74 Å². The first-order valence-electron chi connectivity index (χ1n) is 6.38. The van der Waals surface area contributed by atoms with Crippen LogP contribution in [0.1, 0.15) is 12.8 Å². The summed E-state index contributed by atoms with van der Waals surface area (Å²) >= 11 is 0. The summed E-state index contributed by atoms with van der Waals surface area (Å²) < 4.78 is 33.4. The zero-order chi connectivity index (χ0) is 13.7. The van der Waals surface area contributed by atoms with Crippen LogP contribution in [0.3, 0.4) is 0 Å². The predicted molar refractivity (Wildman–Crippen MR) is 70.2 cm³/mol. The summed E-state index contributed by atoms with van der Waals surface area (Å²) in [5, 5.41) is 3.29. The van der Waals surface area contributed by atoms with Crippen molar-refractivity contribution in [3.05, 3.63) is 12.5 Å². The number of nitrogens with one attached hydrogen (secondary N) is 2. The minimum Gasteiger partial charge on any atom is -0.377 e. The van der Waals surface area contributed by atoms with E-state index in [-0.39, 0.29) is 17.7 Å². The first-order chi connectivity index (χ1) is 9.08. The summed E-state index contributed by atoms with van der Waals surface area (Å²) in [5.74, 6) is 0. The molecule has 108 valence electrons. The van der Waals surface area contributed by atoms with E-state index < -0.39 is 10.0 Å². The summed E-state index contributed by atoms with van der Waals surface area (Å²) in [6.45, 7) is 2.58. The number of aromatic nitrogens is 2. The third-order valence-corrected chi connectivity index (χ3v) is 4.34. The van der Waals surface area contributed by atoms with Crippen LogP contribution in [0.5, 0.6) is 0 Å². The van der Waals surface area contributed by atoms with Crippen LogP contribution >= 0.6 is 0 Å². The molecule has 0 radical (unpaired) electrons. The average molecular weight is 288 g/mol. The fourth-order valence-corrected chi connectivity index (χ4v) is 2.96. The highest BCUT2D eigenvalue weighted by Gasteiger charge is 2.17. The van der Waals surface area contributed by atoms with Crippen molar-refractivity contribution in [2.75, 3.05) is 26.2 Å². The van der Waals surface area contributed by atoms with Gasteiger partial charge in [-0.2, -0.15) is 0 Å². The molecule has 1 fully saturated rings. The topological polar surface area (TPSA) is 85.2 Å². The van der Waals surface area contributed by atoms with E-state index in [9.17, 15) is 8.42 Å². The molecule has 8 heteroatoms. The fourth-order valence-electron chi connectivity index (χ4n) is 1.97. The van der Waals surface area contributed by atoms with E-state index in [0.29, 0.717) is 6.61 Å². The van der Waals surface area contributed by atoms with Crippen LogP contribution in [0.4, 0.5) is 0 Å². The monoisotopic (exact) mass is 288 g/mol. The van der Waals surface area contributed by atoms with Gasteiger partial charge < -0.3 is 14.6 Å². The van der Waals surface area contributed by atoms with Crippen molar-refractivity contribution < 1.29 is 13.2 Å². The number of hydrogen-bond donors (Lipinski definition) is 2. The Bertz CT molecular complexity index is 494. The molecule has 0 unspecified atom stereocenters. The van der Waals surface area contributed by atoms with E-state index >= 15 is 0 Å². The van der Waals surface area contributed by atoms with Gasteiger partial charge in [0.1, 0.15) is 0 Å². The largest absolute Gasteiger partial charge is 0.377 e. The first kappa shape index (κ1) is 14.4. The summed E-state index contributed by atoms with van der Waals surface area (Å²) in [6.07, 6.45) is 5.12. The van der Waals surface area contributed by atoms with Crippen LogP contribution in [0.2, 0.25) is 0 Å². The molecule has 0 bridgehead atoms. The minimum absolute atomic E-state index is 0.0388. The Morgan fingerprint density at radius 1 is 1.53 bits per heavy atom. The van der Waals surface area contributed by atoms with Crippen molar-refractivity contribution in [3.63, 3.8) is 0 Å². The summed E-state index contributed by atoms with van der Waals surface area (Å²) in [7, 11) is -1.79. The standard InChI is InChI=1S/C11H20N4O3S/c1-15-8-11(13-9-15)19(16,17)14-6-7-18-10-2-4-12-5-3-10/h8-10,12,14H,2-7H2,1H3. The van der Waals surface area contributed by atoms with Gasteiger partial charge in [-0.15, -0.1) is 0 Å². The van der Waals surface area contributed by atoms with E-state index in [1.54, 1.807) is 11.6 Å². The Kier molecular flexibility index (Phi) is 4.92. The molecule has 0 aliphatic carbocycles. The van der Waals surface area contributed by atoms with Gasteiger partial charge in [-0.05, 0) is 25.9 Å². The summed E-state index contributed by atoms with van der Waals surface area (Å²) in [5.41, 5.74) is 0. The highest BCUT2D eigenvalue weighted by Crippen LogP contribution is 2.07. The number of aryl methyl sites for hydroxylation is 1. The van der Waals surface area contributed by atoms with Gasteiger partial charge in [-0.25, -0.2) is 18.1 Å². The van der Waals surface area contributed by atoms with Crippen LogP contribution in [0.25, 0.3) is 0 Å². The maximum absolute atomic E-state index is 11.8. The van der Waals surface area contributed by atoms with E-state index in [1.165, 1.54) is 12.5 Å². The van der Waals surface area contributed by atoms with Crippen LogP contribution in [0.15, 0.2) is 17.6 Å². The van der Waals surface area contributed by atoms with E-state index in [1.807, 2.05) is 0 Å². The second kappa shape index (κ2) is 6.47. The Hall–Kier alpha value is -0.960. The molecule has 0 amide bonds. The van der Waals surface area contributed by atoms with Crippen molar-refractivity contribution in [2.24, 2.45) is 7.05 Å². The molecule has 1 aromatic heterocycles. The molecule has 0 spiro atoms. The number of rotatable bonds is 6. The van der Waals surface area contributed by atoms with Crippen molar-refractivity contribution in [1.29, 1.82) is 0 Å². The molecule has 2 N–H and O–H groups in total. The predicted octanol–water partition coefficient (Wildman–Crippen LogP) is -0.533. The molecule has 1 aliphatic rings. The van der Waals surface area contributed by atoms with Gasteiger partial charge in [-0.1, -0.05) is 0 Å². The third-order valence-electron chi connectivity index (χ3n) is 2.99. The highest BCUT2D eigenvalue weighted by atomic mass is 32.2. The molecule has 1 aromatic rings. The zero-order valence-corrected chi connectivity index (χ0v) is 11.8. The van der Waals surface area contributed by atoms with Crippen molar-refractivity contribution in [2.45, 2.75) is 24.0 Å². The first-order valence-corrected chi connectivity index (χ1v) is 7.86. The molecular weight excluding hydrogens is 268 g/mol. The smallest absolute Gasteiger partial charge is 0.259 e. The molecule has 7 nitrogen and oxygen atoms in total. The maximum atomic E-state index is 11.8. The van der Waals surface area contributed by atoms with Crippen molar-refractivity contribution in [1.82, 2.24) is 19.6 Å². The fraction of sp³-hybridized carbons (Fsp3) is 0.727. The number of sulfonamides is 1. The highest BCUT2D eigenvalue weighted by molar-refractivity contribution is 7.89. The summed E-state index contributed by atoms with van der Waals surface area (Å²) in [4.78, 5) is 3.82. The number of imidazole rings is 1. The number of hydrogen-bond acceptors (Lipinski definition) is 5. The lowest BCUT2D eigenvalue weighted by molar-refractivity contribution is 0.0366. The lowest BCUT2D eigenvalue weighted by Gasteiger charge is -2.22. The lowest BCUT2D eigenvalue weighted by Crippen LogP contribution is -2.34. The molecule has 1 aliphatic heterocycles. The van der Waals surface area contributed by atoms with Gasteiger partial charge in [0, 0.05) is 19.8 Å². The zero-order valence-electron chi connectivity index (χ0n) is 11.0. The number of nitrogens with zero attached hydrogens (tertiary/aromatic N) is 2. The Morgan fingerprint density at radius 2 is 2.26 bits per heavy atom. The van der Waals surface area contributed by atoms with Crippen molar-refractivity contribution >= 4 is 10.0 Å². The van der Waals surface area contributed by atoms with Gasteiger partial charge in [0.15, 0.2) is 5.03 Å². The Labute approximate surface area is 113 Å². The minimum atomic E-state index is -3.52. The third kappa shape index (κ3) is 4.27. The molecule has 0 saturated carbocycles. The molecule has 1 saturated heterocycles. The maximum Gasteiger partial charge on any atom is 0.259 e. The molecular formula is C11H20N4O3S. The molecule has 2 rings (SSSR count). The normalized spacial score (nSPS) is 17.7. The van der Waals surface area contributed by atoms with Crippen LogP contribution in [-0.4, -0.2) is 50.3 Å². The summed E-state index contributed by atoms with van der Waals surface area (Å²) in [6, 6.07) is 0. The van der Waals surface area contributed by atoms with Gasteiger partial charge in [0.05, 0.1) is 19.0 Å². The van der Waals surface area contributed by atoms with E-state index in [2.05, 4.69) is 15.0 Å². The van der Waals surface area contributed by atoms with Crippen LogP contribution in [-0.2, 0) is 21.8 Å². The van der Waals surface area contributed by atoms with Crippen molar-refractivity contribution in [3.8, 4) is 0 Å². The quantitative estimate of drug-likeness (QED) is 0.687. The molecule has 2 heterocycles. The molecule has 0 aromatic carbocycles. The van der Waals surface area contributed by atoms with Gasteiger partial charge in [-0.3, -0.25) is 0 Å². The van der Waals surface area contributed by atoms with Gasteiger partial charge >= 0.3 is 0 Å². The van der Waals surface area contributed by atoms with Gasteiger partial charge in [0.2, 0.25) is 0 Å². The average Bonchev–Trinajstić information content (AvgIpc) is 2.84. The second-order valence-electron chi connectivity index (χ2n) is 4.60. The lowest BCUT2D eigenvalue weighted by atomic mass is 10.1.